The number of benzene rings is 2. The van der Waals surface area contributed by atoms with Crippen molar-refractivity contribution in [2.75, 3.05) is 33.7 Å². The van der Waals surface area contributed by atoms with Gasteiger partial charge in [-0.1, -0.05) is 60.6 Å². The number of hydrogen-bond acceptors (Lipinski definition) is 7. The van der Waals surface area contributed by atoms with E-state index in [2.05, 4.69) is 54.5 Å². The molecule has 0 saturated carbocycles. The number of imide groups is 1. The van der Waals surface area contributed by atoms with Crippen molar-refractivity contribution in [2.45, 2.75) is 76.9 Å². The summed E-state index contributed by atoms with van der Waals surface area (Å²) >= 11 is 0. The maximum atomic E-state index is 14.6. The van der Waals surface area contributed by atoms with Crippen LogP contribution < -0.4 is 14.2 Å². The van der Waals surface area contributed by atoms with E-state index in [-0.39, 0.29) is 43.6 Å². The van der Waals surface area contributed by atoms with Gasteiger partial charge in [-0.05, 0) is 63.5 Å². The molecule has 0 radical (unpaired) electrons. The first kappa shape index (κ1) is 30.4. The number of ether oxygens (including phenoxy) is 4. The fraction of sp³-hybridized carbons (Fsp3) is 0.576. The number of amides is 2. The molecule has 0 unspecified atom stereocenters. The molecular weight excluding hydrogens is 550 g/mol. The third kappa shape index (κ3) is 5.08. The molecule has 2 aromatic carbocycles. The number of nitrogens with zero attached hydrogens (tertiary/aromatic N) is 1. The molecule has 1 aliphatic carbocycles. The Morgan fingerprint density at radius 3 is 2.19 bits per heavy atom. The zero-order chi connectivity index (χ0) is 30.3. The minimum atomic E-state index is -2.26. The second-order valence-corrected chi connectivity index (χ2v) is 18.3. The average Bonchev–Trinajstić information content (AvgIpc) is 3.60. The van der Waals surface area contributed by atoms with E-state index in [9.17, 15) is 9.59 Å². The highest BCUT2D eigenvalue weighted by molar-refractivity contribution is 6.77. The highest BCUT2D eigenvalue weighted by Crippen LogP contribution is 2.54. The van der Waals surface area contributed by atoms with E-state index in [1.54, 1.807) is 7.11 Å². The monoisotopic (exact) mass is 595 g/mol. The van der Waals surface area contributed by atoms with Gasteiger partial charge in [-0.3, -0.25) is 4.79 Å². The smallest absolute Gasteiger partial charge is 0.416 e. The predicted molar refractivity (Wildman–Crippen MR) is 163 cm³/mol. The number of hydrogen-bond donors (Lipinski definition) is 0. The van der Waals surface area contributed by atoms with Crippen molar-refractivity contribution >= 4 is 20.3 Å². The Labute approximate surface area is 250 Å². The number of cyclic esters (lactones) is 1. The predicted octanol–water partition coefficient (Wildman–Crippen LogP) is 7.08. The van der Waals surface area contributed by atoms with E-state index in [1.807, 2.05) is 30.3 Å². The normalized spacial score (nSPS) is 23.5. The summed E-state index contributed by atoms with van der Waals surface area (Å²) < 4.78 is 29.7. The van der Waals surface area contributed by atoms with Crippen molar-refractivity contribution < 1.29 is 33.0 Å². The first-order chi connectivity index (χ1) is 20.0. The molecule has 0 N–H and O–H groups in total. The number of methoxy groups -OCH3 is 1. The topological polar surface area (TPSA) is 83.5 Å². The molecule has 2 amide bonds. The molecule has 42 heavy (non-hydrogen) atoms. The van der Waals surface area contributed by atoms with Gasteiger partial charge in [0.2, 0.25) is 12.7 Å². The van der Waals surface area contributed by atoms with E-state index in [1.165, 1.54) is 4.90 Å². The Hall–Kier alpha value is -3.04. The van der Waals surface area contributed by atoms with Gasteiger partial charge in [0.25, 0.3) is 0 Å². The molecule has 0 spiro atoms. The lowest BCUT2D eigenvalue weighted by Crippen LogP contribution is -2.52. The average molecular weight is 596 g/mol. The molecule has 3 aliphatic rings. The van der Waals surface area contributed by atoms with E-state index in [0.717, 1.165) is 16.7 Å². The lowest BCUT2D eigenvalue weighted by Gasteiger charge is -2.47. The van der Waals surface area contributed by atoms with E-state index >= 15 is 0 Å². The number of carbonyl (C=O) groups excluding carboxylic acids is 2. The van der Waals surface area contributed by atoms with Crippen LogP contribution in [0.3, 0.4) is 0 Å². The van der Waals surface area contributed by atoms with Gasteiger partial charge in [0.1, 0.15) is 12.4 Å². The fourth-order valence-corrected chi connectivity index (χ4v) is 13.4. The van der Waals surface area contributed by atoms with Crippen molar-refractivity contribution in [1.82, 2.24) is 4.90 Å². The van der Waals surface area contributed by atoms with Crippen molar-refractivity contribution in [3.63, 3.8) is 0 Å². The van der Waals surface area contributed by atoms with Crippen LogP contribution in [0.1, 0.15) is 77.0 Å². The summed E-state index contributed by atoms with van der Waals surface area (Å²) in [5.74, 6) is 0.709. The van der Waals surface area contributed by atoms with Crippen LogP contribution in [0, 0.1) is 11.8 Å². The molecule has 1 saturated heterocycles. The van der Waals surface area contributed by atoms with Gasteiger partial charge in [0.05, 0.1) is 19.6 Å². The largest absolute Gasteiger partial charge is 0.497 e. The molecule has 228 valence electrons. The van der Waals surface area contributed by atoms with E-state index in [0.29, 0.717) is 40.5 Å². The van der Waals surface area contributed by atoms with Gasteiger partial charge in [-0.2, -0.15) is 0 Å². The van der Waals surface area contributed by atoms with Gasteiger partial charge in [0, 0.05) is 18.4 Å². The fourth-order valence-electron chi connectivity index (χ4n) is 7.93. The second kappa shape index (κ2) is 11.9. The number of rotatable bonds is 9. The standard InChI is InChI=1S/C33H45NO7Si/c1-19(2)42(20(3)4,21(5)6)41-17-27-22(7)25-15-28-29(40-18-39-28)16-26(25)30(23-10-9-11-24(14-23)37-8)31(27)32(35)34-12-13-38-33(34)36/h9-11,14-16,19-22,27,30-31H,12-13,17-18H2,1-8H3/t22-,27+,30+,31+/m0/s1. The quantitative estimate of drug-likeness (QED) is 0.287. The number of carbonyl (C=O) groups is 2. The minimum absolute atomic E-state index is 0.0397. The summed E-state index contributed by atoms with van der Waals surface area (Å²) in [5, 5.41) is 0. The molecule has 0 aromatic heterocycles. The Kier molecular flexibility index (Phi) is 8.63. The van der Waals surface area contributed by atoms with Crippen molar-refractivity contribution in [1.29, 1.82) is 0 Å². The zero-order valence-electron chi connectivity index (χ0n) is 26.1. The molecule has 0 bridgehead atoms. The van der Waals surface area contributed by atoms with Crippen LogP contribution in [0.25, 0.3) is 0 Å². The maximum Gasteiger partial charge on any atom is 0.416 e. The third-order valence-corrected chi connectivity index (χ3v) is 15.9. The molecule has 8 nitrogen and oxygen atoms in total. The summed E-state index contributed by atoms with van der Waals surface area (Å²) in [7, 11) is -0.616. The van der Waals surface area contributed by atoms with Gasteiger partial charge >= 0.3 is 6.09 Å². The van der Waals surface area contributed by atoms with Gasteiger partial charge in [-0.25, -0.2) is 9.69 Å². The highest BCUT2D eigenvalue weighted by Gasteiger charge is 2.52. The summed E-state index contributed by atoms with van der Waals surface area (Å²) in [6, 6.07) is 12.0. The molecule has 4 atom stereocenters. The zero-order valence-corrected chi connectivity index (χ0v) is 27.1. The van der Waals surface area contributed by atoms with Crippen molar-refractivity contribution in [3.8, 4) is 17.2 Å². The van der Waals surface area contributed by atoms with Crippen LogP contribution in [-0.4, -0.2) is 58.9 Å². The minimum Gasteiger partial charge on any atom is -0.497 e. The first-order valence-electron chi connectivity index (χ1n) is 15.2. The summed E-state index contributed by atoms with van der Waals surface area (Å²) in [6.45, 7) is 16.8. The van der Waals surface area contributed by atoms with Gasteiger partial charge in [-0.15, -0.1) is 0 Å². The summed E-state index contributed by atoms with van der Waals surface area (Å²) in [4.78, 5) is 28.6. The second-order valence-electron chi connectivity index (χ2n) is 12.8. The lowest BCUT2D eigenvalue weighted by molar-refractivity contribution is -0.135. The summed E-state index contributed by atoms with van der Waals surface area (Å²) in [5.41, 5.74) is 4.25. The molecule has 1 fully saturated rings. The third-order valence-electron chi connectivity index (χ3n) is 9.86. The summed E-state index contributed by atoms with van der Waals surface area (Å²) in [6.07, 6.45) is -0.580. The van der Waals surface area contributed by atoms with Crippen LogP contribution in [0.5, 0.6) is 17.2 Å². The Bertz CT molecular complexity index is 1300. The maximum absolute atomic E-state index is 14.6. The van der Waals surface area contributed by atoms with Crippen LogP contribution in [0.2, 0.25) is 16.6 Å². The SMILES string of the molecule is COc1cccc([C@@H]2c3cc4c(cc3[C@H](C)[C@@H](CO[Si](C(C)C)(C(C)C)C(C)C)[C@H]2C(=O)N2CCOC2=O)OCO4)c1. The van der Waals surface area contributed by atoms with Crippen molar-refractivity contribution in [3.05, 3.63) is 53.1 Å². The Morgan fingerprint density at radius 1 is 0.976 bits per heavy atom. The Morgan fingerprint density at radius 2 is 1.62 bits per heavy atom. The van der Waals surface area contributed by atoms with Crippen molar-refractivity contribution in [2.24, 2.45) is 11.8 Å². The molecule has 2 heterocycles. The van der Waals surface area contributed by atoms with Crippen LogP contribution >= 0.6 is 0 Å². The van der Waals surface area contributed by atoms with Crippen LogP contribution in [-0.2, 0) is 14.0 Å². The first-order valence-corrected chi connectivity index (χ1v) is 17.3. The van der Waals surface area contributed by atoms with Crippen LogP contribution in [0.15, 0.2) is 36.4 Å². The molecule has 2 aliphatic heterocycles. The number of fused-ring (bicyclic) bond motifs is 2. The Balaban J connectivity index is 1.69. The van der Waals surface area contributed by atoms with E-state index < -0.39 is 20.3 Å². The molecular formula is C33H45NO7Si. The molecule has 5 rings (SSSR count). The van der Waals surface area contributed by atoms with E-state index in [4.69, 9.17) is 23.4 Å². The van der Waals surface area contributed by atoms with Crippen LogP contribution in [0.4, 0.5) is 4.79 Å². The van der Waals surface area contributed by atoms with Gasteiger partial charge in [0.15, 0.2) is 19.8 Å². The van der Waals surface area contributed by atoms with Gasteiger partial charge < -0.3 is 23.4 Å². The highest BCUT2D eigenvalue weighted by atomic mass is 28.4. The molecule has 9 heteroatoms. The molecule has 2 aromatic rings. The lowest BCUT2D eigenvalue weighted by atomic mass is 9.62.